The van der Waals surface area contributed by atoms with Crippen LogP contribution in [0.3, 0.4) is 0 Å². The van der Waals surface area contributed by atoms with Crippen LogP contribution < -0.4 is 0 Å². The number of halogens is 1. The zero-order valence-electron chi connectivity index (χ0n) is 18.2. The smallest absolute Gasteiger partial charge is 0.412 e. The molecule has 6 heteroatoms. The fourth-order valence-electron chi connectivity index (χ4n) is 4.04. The van der Waals surface area contributed by atoms with E-state index >= 15 is 4.39 Å². The highest BCUT2D eigenvalue weighted by molar-refractivity contribution is 5.82. The summed E-state index contributed by atoms with van der Waals surface area (Å²) in [6, 6.07) is 17.3. The summed E-state index contributed by atoms with van der Waals surface area (Å²) in [5, 5.41) is 0. The Morgan fingerprint density at radius 1 is 1.16 bits per heavy atom. The van der Waals surface area contributed by atoms with Crippen LogP contribution in [-0.2, 0) is 19.9 Å². The fourth-order valence-corrected chi connectivity index (χ4v) is 4.04. The van der Waals surface area contributed by atoms with Crippen LogP contribution in [0.2, 0.25) is 0 Å². The summed E-state index contributed by atoms with van der Waals surface area (Å²) in [7, 11) is 0. The molecule has 1 aliphatic heterocycles. The van der Waals surface area contributed by atoms with Crippen LogP contribution in [0, 0.1) is 0 Å². The molecule has 1 atom stereocenters. The van der Waals surface area contributed by atoms with Gasteiger partial charge < -0.3 is 9.47 Å². The lowest BCUT2D eigenvalue weighted by atomic mass is 9.76. The Bertz CT molecular complexity index is 991. The number of hydrogen-bond acceptors (Lipinski definition) is 4. The van der Waals surface area contributed by atoms with Crippen molar-refractivity contribution in [1.29, 1.82) is 0 Å². The number of hydrogen-bond donors (Lipinski definition) is 0. The molecular weight excluding hydrogens is 409 g/mol. The zero-order chi connectivity index (χ0) is 23.1. The highest BCUT2D eigenvalue weighted by Crippen LogP contribution is 2.48. The van der Waals surface area contributed by atoms with E-state index in [1.54, 1.807) is 26.0 Å². The van der Waals surface area contributed by atoms with Gasteiger partial charge in [-0.3, -0.25) is 9.69 Å². The van der Waals surface area contributed by atoms with E-state index in [2.05, 4.69) is 6.58 Å². The van der Waals surface area contributed by atoms with E-state index in [4.69, 9.17) is 9.47 Å². The highest BCUT2D eigenvalue weighted by Gasteiger charge is 2.58. The highest BCUT2D eigenvalue weighted by atomic mass is 19.1. The lowest BCUT2D eigenvalue weighted by molar-refractivity contribution is -0.143. The van der Waals surface area contributed by atoms with Gasteiger partial charge in [-0.15, -0.1) is 0 Å². The Labute approximate surface area is 187 Å². The zero-order valence-corrected chi connectivity index (χ0v) is 18.2. The molecule has 0 spiro atoms. The number of esters is 1. The molecule has 2 aromatic rings. The topological polar surface area (TPSA) is 55.8 Å². The Hall–Kier alpha value is -3.67. The van der Waals surface area contributed by atoms with Crippen molar-refractivity contribution >= 4 is 12.1 Å². The van der Waals surface area contributed by atoms with Crippen LogP contribution in [0.15, 0.2) is 96.9 Å². The van der Waals surface area contributed by atoms with Crippen molar-refractivity contribution in [2.75, 3.05) is 13.2 Å². The molecule has 0 saturated carbocycles. The summed E-state index contributed by atoms with van der Waals surface area (Å²) in [6.45, 7) is 6.76. The molecule has 3 rings (SSSR count). The number of benzene rings is 2. The number of ether oxygens (including phenoxy) is 2. The Morgan fingerprint density at radius 2 is 1.72 bits per heavy atom. The Morgan fingerprint density at radius 3 is 2.19 bits per heavy atom. The van der Waals surface area contributed by atoms with Gasteiger partial charge in [-0.2, -0.15) is 0 Å². The van der Waals surface area contributed by atoms with Gasteiger partial charge >= 0.3 is 12.1 Å². The average molecular weight is 435 g/mol. The molecule has 32 heavy (non-hydrogen) atoms. The summed E-state index contributed by atoms with van der Waals surface area (Å²) in [5.41, 5.74) is 0.0660. The van der Waals surface area contributed by atoms with Crippen LogP contribution >= 0.6 is 0 Å². The van der Waals surface area contributed by atoms with E-state index in [9.17, 15) is 9.59 Å². The van der Waals surface area contributed by atoms with Crippen molar-refractivity contribution in [2.24, 2.45) is 0 Å². The van der Waals surface area contributed by atoms with Gasteiger partial charge in [0, 0.05) is 16.7 Å². The van der Waals surface area contributed by atoms with Crippen LogP contribution in [0.4, 0.5) is 9.18 Å². The number of nitrogens with zero attached hydrogens (tertiary/aromatic N) is 1. The summed E-state index contributed by atoms with van der Waals surface area (Å²) in [5.74, 6) is -1.22. The number of amides is 1. The molecule has 1 saturated heterocycles. The summed E-state index contributed by atoms with van der Waals surface area (Å²) in [6.07, 6.45) is 3.59. The molecule has 0 radical (unpaired) electrons. The van der Waals surface area contributed by atoms with E-state index in [0.29, 0.717) is 11.1 Å². The maximum Gasteiger partial charge on any atom is 0.412 e. The molecule has 0 aromatic heterocycles. The molecule has 166 valence electrons. The first-order valence-corrected chi connectivity index (χ1v) is 10.4. The average Bonchev–Trinajstić information content (AvgIpc) is 3.11. The van der Waals surface area contributed by atoms with Crippen molar-refractivity contribution in [1.82, 2.24) is 4.90 Å². The van der Waals surface area contributed by atoms with Gasteiger partial charge in [0.1, 0.15) is 18.4 Å². The molecule has 0 unspecified atom stereocenters. The second-order valence-corrected chi connectivity index (χ2v) is 7.18. The minimum absolute atomic E-state index is 0.160. The number of cyclic esters (lactones) is 1. The van der Waals surface area contributed by atoms with Gasteiger partial charge in [0.2, 0.25) is 0 Å². The molecule has 1 amide bonds. The Balaban J connectivity index is 2.34. The van der Waals surface area contributed by atoms with Crippen molar-refractivity contribution < 1.29 is 23.5 Å². The van der Waals surface area contributed by atoms with Crippen molar-refractivity contribution in [3.05, 3.63) is 108 Å². The fraction of sp³-hybridized carbons (Fsp3) is 0.231. The quantitative estimate of drug-likeness (QED) is 0.417. The van der Waals surface area contributed by atoms with Gasteiger partial charge in [-0.1, -0.05) is 79.4 Å². The molecular formula is C26H26FNO4. The van der Waals surface area contributed by atoms with Crippen molar-refractivity contribution in [3.63, 3.8) is 0 Å². The second kappa shape index (κ2) is 10.1. The Kier molecular flexibility index (Phi) is 7.25. The van der Waals surface area contributed by atoms with Gasteiger partial charge in [-0.25, -0.2) is 9.18 Å². The van der Waals surface area contributed by atoms with Crippen LogP contribution in [0.5, 0.6) is 0 Å². The number of rotatable bonds is 8. The van der Waals surface area contributed by atoms with Crippen LogP contribution in [0.1, 0.15) is 25.0 Å². The third kappa shape index (κ3) is 4.21. The molecule has 0 aliphatic carbocycles. The first-order valence-electron chi connectivity index (χ1n) is 10.4. The van der Waals surface area contributed by atoms with Crippen molar-refractivity contribution in [2.45, 2.75) is 25.5 Å². The normalized spacial score (nSPS) is 18.3. The second-order valence-electron chi connectivity index (χ2n) is 7.18. The van der Waals surface area contributed by atoms with Crippen LogP contribution in [0.25, 0.3) is 0 Å². The predicted octanol–water partition coefficient (Wildman–Crippen LogP) is 5.30. The summed E-state index contributed by atoms with van der Waals surface area (Å²) < 4.78 is 26.3. The van der Waals surface area contributed by atoms with E-state index < -0.39 is 29.5 Å². The van der Waals surface area contributed by atoms with E-state index in [-0.39, 0.29) is 18.7 Å². The minimum atomic E-state index is -1.40. The summed E-state index contributed by atoms with van der Waals surface area (Å²) in [4.78, 5) is 26.8. The molecule has 1 fully saturated rings. The van der Waals surface area contributed by atoms with E-state index in [0.717, 1.165) is 6.08 Å². The number of carbonyl (C=O) groups is 2. The van der Waals surface area contributed by atoms with Gasteiger partial charge in [0.05, 0.1) is 6.61 Å². The van der Waals surface area contributed by atoms with E-state index in [1.807, 2.05) is 60.7 Å². The monoisotopic (exact) mass is 435 g/mol. The van der Waals surface area contributed by atoms with Gasteiger partial charge in [-0.05, 0) is 19.9 Å². The maximum absolute atomic E-state index is 15.2. The molecule has 1 aliphatic rings. The van der Waals surface area contributed by atoms with Gasteiger partial charge in [0.25, 0.3) is 0 Å². The standard InChI is InChI=1S/C26H26FNO4/c1-4-13-21(22(27)5-2)24-26(19-14-9-7-10-15-19,20-16-11-8-12-17-20)32-25(30)28(24)18-23(29)31-6-3/h4-5,7-17,24H,2,6,18H2,1,3H3/b13-4-,22-21-/t24-/m0/s1. The lowest BCUT2D eigenvalue weighted by Crippen LogP contribution is -2.47. The predicted molar refractivity (Wildman–Crippen MR) is 120 cm³/mol. The number of allylic oxidation sites excluding steroid dienone is 3. The van der Waals surface area contributed by atoms with E-state index in [1.165, 1.54) is 4.90 Å². The minimum Gasteiger partial charge on any atom is -0.465 e. The molecule has 1 heterocycles. The largest absolute Gasteiger partial charge is 0.465 e. The lowest BCUT2D eigenvalue weighted by Gasteiger charge is -2.36. The van der Waals surface area contributed by atoms with Crippen LogP contribution in [-0.4, -0.2) is 36.2 Å². The summed E-state index contributed by atoms with van der Waals surface area (Å²) >= 11 is 0. The third-order valence-electron chi connectivity index (χ3n) is 5.29. The molecule has 2 aromatic carbocycles. The van der Waals surface area contributed by atoms with Gasteiger partial charge in [0.15, 0.2) is 5.60 Å². The molecule has 0 N–H and O–H groups in total. The maximum atomic E-state index is 15.2. The SMILES string of the molecule is C=C/C(F)=C(\C=C/C)[C@@H]1N(CC(=O)OCC)C(=O)OC1(c1ccccc1)c1ccccc1. The first-order chi connectivity index (χ1) is 15.5. The first kappa shape index (κ1) is 23.0. The molecule has 5 nitrogen and oxygen atoms in total. The third-order valence-corrected chi connectivity index (χ3v) is 5.29. The molecule has 0 bridgehead atoms. The van der Waals surface area contributed by atoms with Crippen molar-refractivity contribution in [3.8, 4) is 0 Å². The number of carbonyl (C=O) groups excluding carboxylic acids is 2.